The molecule has 0 radical (unpaired) electrons. The molecule has 0 bridgehead atoms. The smallest absolute Gasteiger partial charge is 0.308 e. The van der Waals surface area contributed by atoms with Crippen molar-refractivity contribution in [1.29, 1.82) is 5.26 Å². The van der Waals surface area contributed by atoms with Crippen LogP contribution in [0, 0.1) is 31.6 Å². The zero-order chi connectivity index (χ0) is 38.0. The van der Waals surface area contributed by atoms with Crippen molar-refractivity contribution in [3.05, 3.63) is 134 Å². The van der Waals surface area contributed by atoms with Crippen molar-refractivity contribution in [2.45, 2.75) is 24.2 Å². The number of aromatic nitrogens is 1. The average Bonchev–Trinajstić information content (AvgIpc) is 3.80. The van der Waals surface area contributed by atoms with Gasteiger partial charge in [-0.1, -0.05) is 0 Å². The van der Waals surface area contributed by atoms with Crippen LogP contribution in [0.1, 0.15) is 34.5 Å². The number of nitro benzene ring substituents is 2. The molecule has 1 N–H and O–H groups in total. The number of unbranched alkanes of at least 4 members (excludes halogenated alkanes) is 1. The van der Waals surface area contributed by atoms with E-state index in [1.165, 1.54) is 11.6 Å². The zero-order valence-electron chi connectivity index (χ0n) is 28.8. The van der Waals surface area contributed by atoms with E-state index in [0.29, 0.717) is 20.8 Å². The zero-order valence-corrected chi connectivity index (χ0v) is 29.6. The van der Waals surface area contributed by atoms with Crippen LogP contribution >= 0.6 is 0 Å². The molecule has 16 heteroatoms. The first-order valence-corrected chi connectivity index (χ1v) is 18.6. The quantitative estimate of drug-likeness (QED) is 0.0786. The van der Waals surface area contributed by atoms with Crippen LogP contribution in [0.25, 0.3) is 21.9 Å². The van der Waals surface area contributed by atoms with E-state index in [9.17, 15) is 38.7 Å². The van der Waals surface area contributed by atoms with Gasteiger partial charge in [-0.15, -0.1) is 0 Å². The minimum absolute atomic E-state index is 0.185. The Balaban J connectivity index is 1.03. The van der Waals surface area contributed by atoms with E-state index in [2.05, 4.69) is 20.9 Å². The van der Waals surface area contributed by atoms with Gasteiger partial charge in [-0.2, -0.15) is 9.57 Å². The topological polar surface area (TPSA) is 200 Å². The Labute approximate surface area is 309 Å². The number of H-pyrrole nitrogens is 1. The molecule has 0 atom stereocenters. The van der Waals surface area contributed by atoms with Crippen molar-refractivity contribution >= 4 is 60.6 Å². The number of carbonyl (C=O) groups is 1. The van der Waals surface area contributed by atoms with Gasteiger partial charge in [0.05, 0.1) is 32.1 Å². The number of amides is 1. The Bertz CT molecular complexity index is 2530. The Morgan fingerprint density at radius 1 is 0.870 bits per heavy atom. The summed E-state index contributed by atoms with van der Waals surface area (Å²) in [5.74, 6) is -1.33. The first kappa shape index (κ1) is 35.8. The molecule has 54 heavy (non-hydrogen) atoms. The van der Waals surface area contributed by atoms with Gasteiger partial charge >= 0.3 is 5.91 Å². The summed E-state index contributed by atoms with van der Waals surface area (Å²) < 4.78 is 34.1. The number of nitro groups is 2. The maximum Gasteiger partial charge on any atom is 0.308 e. The molecule has 7 rings (SSSR count). The summed E-state index contributed by atoms with van der Waals surface area (Å²) in [5, 5.41) is 33.4. The van der Waals surface area contributed by atoms with Gasteiger partial charge < -0.3 is 14.3 Å². The second kappa shape index (κ2) is 14.8. The molecule has 274 valence electrons. The lowest BCUT2D eigenvalue weighted by Gasteiger charge is -2.36. The highest BCUT2D eigenvalue weighted by Gasteiger charge is 2.34. The first-order chi connectivity index (χ1) is 26.0. The van der Waals surface area contributed by atoms with Gasteiger partial charge in [-0.25, -0.2) is 8.42 Å². The molecular formula is C38H33N7O8S. The molecule has 1 amide bonds. The third-order valence-electron chi connectivity index (χ3n) is 9.58. The SMILES string of the molecule is N#Cc1ccc2[nH]cc(CCCCN3CCN(c4ccc5oc(C(=O)N(c6ccc([N+](=O)[O-])cc6)S(=O)(=O)c6ccc([N+](=O)[O-])cc6)cc5c4)CC3)c2c1. The number of aryl methyl sites for hydroxylation is 1. The Kier molecular flexibility index (Phi) is 9.83. The van der Waals surface area contributed by atoms with Crippen molar-refractivity contribution in [1.82, 2.24) is 9.88 Å². The number of piperazine rings is 1. The monoisotopic (exact) mass is 747 g/mol. The van der Waals surface area contributed by atoms with Crippen LogP contribution in [0.2, 0.25) is 0 Å². The highest BCUT2D eigenvalue weighted by Crippen LogP contribution is 2.32. The number of anilines is 2. The molecule has 1 aliphatic heterocycles. The lowest BCUT2D eigenvalue weighted by atomic mass is 10.1. The summed E-state index contributed by atoms with van der Waals surface area (Å²) in [6.45, 7) is 4.29. The number of fused-ring (bicyclic) bond motifs is 2. The van der Waals surface area contributed by atoms with Gasteiger partial charge in [-0.05, 0) is 98.1 Å². The van der Waals surface area contributed by atoms with E-state index in [-0.39, 0.29) is 22.8 Å². The maximum absolute atomic E-state index is 14.0. The van der Waals surface area contributed by atoms with Gasteiger partial charge in [0.15, 0.2) is 5.76 Å². The molecule has 0 aliphatic carbocycles. The minimum atomic E-state index is -4.67. The van der Waals surface area contributed by atoms with Gasteiger partial charge in [0.1, 0.15) is 5.58 Å². The summed E-state index contributed by atoms with van der Waals surface area (Å²) in [4.78, 5) is 42.6. The predicted molar refractivity (Wildman–Crippen MR) is 201 cm³/mol. The third kappa shape index (κ3) is 7.22. The van der Waals surface area contributed by atoms with E-state index in [0.717, 1.165) is 117 Å². The lowest BCUT2D eigenvalue weighted by molar-refractivity contribution is -0.385. The first-order valence-electron chi connectivity index (χ1n) is 17.1. The van der Waals surface area contributed by atoms with E-state index in [1.807, 2.05) is 36.5 Å². The maximum atomic E-state index is 14.0. The van der Waals surface area contributed by atoms with Crippen LogP contribution in [0.4, 0.5) is 22.7 Å². The molecule has 0 unspecified atom stereocenters. The van der Waals surface area contributed by atoms with Crippen molar-refractivity contribution in [2.75, 3.05) is 41.9 Å². The molecule has 3 heterocycles. The van der Waals surface area contributed by atoms with E-state index in [4.69, 9.17) is 4.42 Å². The molecule has 6 aromatic rings. The number of benzene rings is 4. The highest BCUT2D eigenvalue weighted by atomic mass is 32.2. The minimum Gasteiger partial charge on any atom is -0.451 e. The molecule has 2 aromatic heterocycles. The molecule has 0 saturated carbocycles. The van der Waals surface area contributed by atoms with Crippen LogP contribution in [0.15, 0.2) is 107 Å². The summed E-state index contributed by atoms with van der Waals surface area (Å²) in [7, 11) is -4.67. The normalized spacial score (nSPS) is 13.6. The molecule has 15 nitrogen and oxygen atoms in total. The summed E-state index contributed by atoms with van der Waals surface area (Å²) in [5.41, 5.74) is 3.35. The third-order valence-corrected chi connectivity index (χ3v) is 11.3. The largest absolute Gasteiger partial charge is 0.451 e. The number of hydrogen-bond donors (Lipinski definition) is 1. The number of hydrogen-bond acceptors (Lipinski definition) is 11. The highest BCUT2D eigenvalue weighted by molar-refractivity contribution is 7.93. The Hall–Kier alpha value is -6.57. The van der Waals surface area contributed by atoms with E-state index in [1.54, 1.807) is 6.07 Å². The fraction of sp³-hybridized carbons (Fsp3) is 0.211. The van der Waals surface area contributed by atoms with Crippen LogP contribution in [0.5, 0.6) is 0 Å². The molecule has 4 aromatic carbocycles. The van der Waals surface area contributed by atoms with Gasteiger partial charge in [0.2, 0.25) is 0 Å². The fourth-order valence-electron chi connectivity index (χ4n) is 6.69. The van der Waals surface area contributed by atoms with E-state index < -0.39 is 30.7 Å². The van der Waals surface area contributed by atoms with Crippen LogP contribution in [0.3, 0.4) is 0 Å². The number of nitrogens with zero attached hydrogens (tertiary/aromatic N) is 6. The number of rotatable bonds is 12. The summed E-state index contributed by atoms with van der Waals surface area (Å²) in [6, 6.07) is 23.3. The summed E-state index contributed by atoms with van der Waals surface area (Å²) >= 11 is 0. The fourth-order valence-corrected chi connectivity index (χ4v) is 8.09. The number of aromatic amines is 1. The Morgan fingerprint density at radius 3 is 2.22 bits per heavy atom. The van der Waals surface area contributed by atoms with Gasteiger partial charge in [0, 0.05) is 78.6 Å². The number of nitrogens with one attached hydrogen (secondary N) is 1. The number of nitriles is 1. The molecule has 1 fully saturated rings. The molecular weight excluding hydrogens is 715 g/mol. The van der Waals surface area contributed by atoms with Crippen molar-refractivity contribution < 1.29 is 27.5 Å². The molecule has 1 aliphatic rings. The number of carbonyl (C=O) groups excluding carboxylic acids is 1. The van der Waals surface area contributed by atoms with Crippen molar-refractivity contribution in [3.63, 3.8) is 0 Å². The molecule has 1 saturated heterocycles. The van der Waals surface area contributed by atoms with Crippen molar-refractivity contribution in [2.24, 2.45) is 0 Å². The van der Waals surface area contributed by atoms with Crippen LogP contribution in [-0.4, -0.2) is 66.8 Å². The van der Waals surface area contributed by atoms with Crippen LogP contribution in [-0.2, 0) is 16.4 Å². The summed E-state index contributed by atoms with van der Waals surface area (Å²) in [6.07, 6.45) is 5.02. The number of furan rings is 1. The lowest BCUT2D eigenvalue weighted by Crippen LogP contribution is -2.46. The predicted octanol–water partition coefficient (Wildman–Crippen LogP) is 6.78. The average molecular weight is 748 g/mol. The second-order valence-electron chi connectivity index (χ2n) is 12.9. The van der Waals surface area contributed by atoms with Crippen LogP contribution < -0.4 is 9.21 Å². The number of non-ortho nitro benzene ring substituents is 2. The second-order valence-corrected chi connectivity index (χ2v) is 14.7. The number of sulfonamides is 1. The molecule has 0 spiro atoms. The van der Waals surface area contributed by atoms with Gasteiger partial charge in [0.25, 0.3) is 21.4 Å². The van der Waals surface area contributed by atoms with Crippen molar-refractivity contribution in [3.8, 4) is 6.07 Å². The van der Waals surface area contributed by atoms with E-state index >= 15 is 0 Å². The van der Waals surface area contributed by atoms with Gasteiger partial charge in [-0.3, -0.25) is 29.9 Å². The standard InChI is InChI=1S/C38H33N7O8S/c39-24-26-4-14-35-34(21-26)27(25-40-35)3-1-2-16-41-17-19-42(20-18-41)32-11-15-36-28(22-32)23-37(53-36)38(46)43(29-5-7-30(8-6-29)44(47)48)54(51,52)33-12-9-31(10-13-33)45(49)50/h4-15,21-23,25,40H,1-3,16-20H2. The Morgan fingerprint density at radius 2 is 1.56 bits per heavy atom.